The fraction of sp³-hybridized carbons (Fsp3) is 0.857. The van der Waals surface area contributed by atoms with Crippen LogP contribution in [-0.4, -0.2) is 18.9 Å². The summed E-state index contributed by atoms with van der Waals surface area (Å²) >= 11 is 0. The minimum Gasteiger partial charge on any atom is -0.450 e. The van der Waals surface area contributed by atoms with E-state index in [1.165, 1.54) is 0 Å². The third kappa shape index (κ3) is 9.19. The van der Waals surface area contributed by atoms with E-state index < -0.39 is 6.09 Å². The number of nitrogens with two attached hydrogens (primary N) is 3. The summed E-state index contributed by atoms with van der Waals surface area (Å²) in [6.45, 7) is 0.384. The zero-order valence-electron chi connectivity index (χ0n) is 7.16. The molecule has 6 N–H and O–H groups in total. The van der Waals surface area contributed by atoms with Crippen molar-refractivity contribution in [1.82, 2.24) is 0 Å². The lowest BCUT2D eigenvalue weighted by Crippen LogP contribution is -2.29. The smallest absolute Gasteiger partial charge is 0.404 e. The van der Waals surface area contributed by atoms with Gasteiger partial charge in [-0.05, 0) is 19.3 Å². The van der Waals surface area contributed by atoms with E-state index in [1.807, 2.05) is 0 Å². The third-order valence-electron chi connectivity index (χ3n) is 1.43. The first-order valence-corrected chi connectivity index (χ1v) is 4.06. The van der Waals surface area contributed by atoms with E-state index >= 15 is 0 Å². The first-order chi connectivity index (χ1) is 5.63. The number of amides is 1. The molecule has 1 amide bonds. The van der Waals surface area contributed by atoms with Crippen LogP contribution in [0.3, 0.4) is 0 Å². The van der Waals surface area contributed by atoms with Crippen molar-refractivity contribution in [2.45, 2.75) is 31.8 Å². The SMILES string of the molecule is NC(=O)OCCCCCC(N)N. The van der Waals surface area contributed by atoms with Gasteiger partial charge in [-0.3, -0.25) is 0 Å². The quantitative estimate of drug-likeness (QED) is 0.387. The van der Waals surface area contributed by atoms with Gasteiger partial charge < -0.3 is 21.9 Å². The molecule has 0 saturated carbocycles. The molecular weight excluding hydrogens is 158 g/mol. The maximum Gasteiger partial charge on any atom is 0.404 e. The molecule has 0 atom stereocenters. The normalized spacial score (nSPS) is 10.2. The second-order valence-corrected chi connectivity index (χ2v) is 2.68. The lowest BCUT2D eigenvalue weighted by atomic mass is 10.2. The molecule has 0 bridgehead atoms. The second kappa shape index (κ2) is 6.87. The second-order valence-electron chi connectivity index (χ2n) is 2.68. The third-order valence-corrected chi connectivity index (χ3v) is 1.43. The first-order valence-electron chi connectivity index (χ1n) is 4.06. The van der Waals surface area contributed by atoms with E-state index in [9.17, 15) is 4.79 Å². The number of rotatable bonds is 6. The molecule has 72 valence electrons. The van der Waals surface area contributed by atoms with Gasteiger partial charge in [-0.25, -0.2) is 4.79 Å². The number of hydrogen-bond donors (Lipinski definition) is 3. The molecule has 0 radical (unpaired) electrons. The molecule has 0 aromatic heterocycles. The summed E-state index contributed by atoms with van der Waals surface area (Å²) in [5.41, 5.74) is 15.4. The maximum absolute atomic E-state index is 10.1. The number of carbonyl (C=O) groups is 1. The number of carbonyl (C=O) groups excluding carboxylic acids is 1. The minimum absolute atomic E-state index is 0.234. The van der Waals surface area contributed by atoms with Crippen LogP contribution in [-0.2, 0) is 4.74 Å². The van der Waals surface area contributed by atoms with Crippen LogP contribution in [0.15, 0.2) is 0 Å². The van der Waals surface area contributed by atoms with Gasteiger partial charge in [-0.1, -0.05) is 6.42 Å². The van der Waals surface area contributed by atoms with Gasteiger partial charge >= 0.3 is 6.09 Å². The Balaban J connectivity index is 2.96. The molecule has 0 heterocycles. The largest absolute Gasteiger partial charge is 0.450 e. The Labute approximate surface area is 72.2 Å². The first kappa shape index (κ1) is 11.2. The van der Waals surface area contributed by atoms with E-state index in [4.69, 9.17) is 17.2 Å². The predicted octanol–water partition coefficient (Wildman–Crippen LogP) is -0.114. The standard InChI is InChI=1S/C7H17N3O2/c8-6(9)4-2-1-3-5-12-7(10)11/h6H,1-5,8-9H2,(H2,10,11). The molecule has 0 aromatic rings. The van der Waals surface area contributed by atoms with Gasteiger partial charge in [-0.2, -0.15) is 0 Å². The molecule has 0 spiro atoms. The number of hydrogen-bond acceptors (Lipinski definition) is 4. The van der Waals surface area contributed by atoms with Crippen LogP contribution in [0.1, 0.15) is 25.7 Å². The van der Waals surface area contributed by atoms with Gasteiger partial charge in [0.1, 0.15) is 0 Å². The van der Waals surface area contributed by atoms with Gasteiger partial charge in [0.15, 0.2) is 0 Å². The average molecular weight is 175 g/mol. The Morgan fingerprint density at radius 3 is 2.42 bits per heavy atom. The van der Waals surface area contributed by atoms with E-state index in [-0.39, 0.29) is 6.17 Å². The van der Waals surface area contributed by atoms with Crippen LogP contribution in [0.5, 0.6) is 0 Å². The predicted molar refractivity (Wildman–Crippen MR) is 46.2 cm³/mol. The summed E-state index contributed by atoms with van der Waals surface area (Å²) in [6.07, 6.45) is 2.58. The number of unbranched alkanes of at least 4 members (excludes halogenated alkanes) is 2. The summed E-state index contributed by atoms with van der Waals surface area (Å²) in [4.78, 5) is 10.1. The van der Waals surface area contributed by atoms with Crippen LogP contribution in [0, 0.1) is 0 Å². The zero-order chi connectivity index (χ0) is 9.40. The molecule has 0 aliphatic heterocycles. The molecule has 0 aliphatic carbocycles. The van der Waals surface area contributed by atoms with Crippen LogP contribution in [0.25, 0.3) is 0 Å². The number of ether oxygens (including phenoxy) is 1. The van der Waals surface area contributed by atoms with Crippen molar-refractivity contribution in [1.29, 1.82) is 0 Å². The van der Waals surface area contributed by atoms with Crippen LogP contribution in [0.4, 0.5) is 4.79 Å². The fourth-order valence-corrected chi connectivity index (χ4v) is 0.832. The van der Waals surface area contributed by atoms with Crippen molar-refractivity contribution in [3.63, 3.8) is 0 Å². The molecular formula is C7H17N3O2. The average Bonchev–Trinajstić information content (AvgIpc) is 1.95. The Bertz CT molecular complexity index is 128. The van der Waals surface area contributed by atoms with E-state index in [1.54, 1.807) is 0 Å². The van der Waals surface area contributed by atoms with Gasteiger partial charge in [0.25, 0.3) is 0 Å². The fourth-order valence-electron chi connectivity index (χ4n) is 0.832. The summed E-state index contributed by atoms with van der Waals surface area (Å²) in [5.74, 6) is 0. The van der Waals surface area contributed by atoms with E-state index in [2.05, 4.69) is 4.74 Å². The highest BCUT2D eigenvalue weighted by molar-refractivity contribution is 5.64. The van der Waals surface area contributed by atoms with Gasteiger partial charge in [-0.15, -0.1) is 0 Å². The van der Waals surface area contributed by atoms with Crippen molar-refractivity contribution in [3.8, 4) is 0 Å². The van der Waals surface area contributed by atoms with Gasteiger partial charge in [0.2, 0.25) is 0 Å². The van der Waals surface area contributed by atoms with Crippen LogP contribution >= 0.6 is 0 Å². The Morgan fingerprint density at radius 2 is 1.92 bits per heavy atom. The summed E-state index contributed by atoms with van der Waals surface area (Å²) in [7, 11) is 0. The minimum atomic E-state index is -0.717. The molecule has 12 heavy (non-hydrogen) atoms. The lowest BCUT2D eigenvalue weighted by molar-refractivity contribution is 0.154. The van der Waals surface area contributed by atoms with E-state index in [0.717, 1.165) is 25.7 Å². The Kier molecular flexibility index (Phi) is 6.41. The molecule has 0 fully saturated rings. The summed E-state index contributed by atoms with van der Waals surface area (Å²) in [6, 6.07) is 0. The van der Waals surface area contributed by atoms with Crippen molar-refractivity contribution < 1.29 is 9.53 Å². The highest BCUT2D eigenvalue weighted by Crippen LogP contribution is 1.99. The topological polar surface area (TPSA) is 104 Å². The van der Waals surface area contributed by atoms with E-state index in [0.29, 0.717) is 6.61 Å². The van der Waals surface area contributed by atoms with Crippen molar-refractivity contribution >= 4 is 6.09 Å². The highest BCUT2D eigenvalue weighted by Gasteiger charge is 1.96. The molecule has 0 unspecified atom stereocenters. The van der Waals surface area contributed by atoms with Crippen LogP contribution < -0.4 is 17.2 Å². The molecule has 0 rings (SSSR count). The lowest BCUT2D eigenvalue weighted by Gasteiger charge is -2.04. The monoisotopic (exact) mass is 175 g/mol. The van der Waals surface area contributed by atoms with Crippen molar-refractivity contribution in [2.75, 3.05) is 6.61 Å². The van der Waals surface area contributed by atoms with Gasteiger partial charge in [0.05, 0.1) is 12.8 Å². The Morgan fingerprint density at radius 1 is 1.25 bits per heavy atom. The van der Waals surface area contributed by atoms with Crippen molar-refractivity contribution in [2.24, 2.45) is 17.2 Å². The molecule has 5 nitrogen and oxygen atoms in total. The van der Waals surface area contributed by atoms with Crippen LogP contribution in [0.2, 0.25) is 0 Å². The highest BCUT2D eigenvalue weighted by atomic mass is 16.5. The number of primary amides is 1. The maximum atomic E-state index is 10.1. The summed E-state index contributed by atoms with van der Waals surface area (Å²) < 4.78 is 4.53. The Hall–Kier alpha value is -0.810. The molecule has 5 heteroatoms. The molecule has 0 aliphatic rings. The zero-order valence-corrected chi connectivity index (χ0v) is 7.16. The molecule has 0 saturated heterocycles. The molecule has 0 aromatic carbocycles. The van der Waals surface area contributed by atoms with Gasteiger partial charge in [0, 0.05) is 0 Å². The van der Waals surface area contributed by atoms with Crippen molar-refractivity contribution in [3.05, 3.63) is 0 Å². The summed E-state index contributed by atoms with van der Waals surface area (Å²) in [5, 5.41) is 0.